The van der Waals surface area contributed by atoms with Gasteiger partial charge in [-0.25, -0.2) is 4.79 Å². The van der Waals surface area contributed by atoms with E-state index in [1.165, 1.54) is 4.90 Å². The summed E-state index contributed by atoms with van der Waals surface area (Å²) in [6.07, 6.45) is 1.21. The summed E-state index contributed by atoms with van der Waals surface area (Å²) < 4.78 is 5.23. The summed E-state index contributed by atoms with van der Waals surface area (Å²) in [6, 6.07) is -0.351. The van der Waals surface area contributed by atoms with E-state index in [0.29, 0.717) is 13.1 Å². The first-order valence-electron chi connectivity index (χ1n) is 6.12. The number of rotatable bonds is 3. The molecule has 1 unspecified atom stereocenters. The van der Waals surface area contributed by atoms with Crippen molar-refractivity contribution in [2.24, 2.45) is 0 Å². The molecular formula is C12H22N2O3. The Morgan fingerprint density at radius 2 is 2.06 bits per heavy atom. The van der Waals surface area contributed by atoms with E-state index in [2.05, 4.69) is 5.32 Å². The number of hydrogen-bond donors (Lipinski definition) is 1. The molecule has 1 rings (SSSR count). The van der Waals surface area contributed by atoms with Crippen molar-refractivity contribution in [3.8, 4) is 0 Å². The van der Waals surface area contributed by atoms with Gasteiger partial charge in [0.05, 0.1) is 0 Å². The number of nitrogens with one attached hydrogen (secondary N) is 1. The molecule has 1 fully saturated rings. The van der Waals surface area contributed by atoms with Crippen LogP contribution in [0.3, 0.4) is 0 Å². The molecule has 0 aromatic carbocycles. The lowest BCUT2D eigenvalue weighted by atomic mass is 10.0. The van der Waals surface area contributed by atoms with Crippen LogP contribution in [0.5, 0.6) is 0 Å². The predicted molar refractivity (Wildman–Crippen MR) is 64.6 cm³/mol. The van der Waals surface area contributed by atoms with Crippen molar-refractivity contribution in [3.05, 3.63) is 0 Å². The summed E-state index contributed by atoms with van der Waals surface area (Å²) in [6.45, 7) is 8.69. The van der Waals surface area contributed by atoms with Crippen molar-refractivity contribution in [1.29, 1.82) is 0 Å². The van der Waals surface area contributed by atoms with E-state index in [0.717, 1.165) is 12.8 Å². The van der Waals surface area contributed by atoms with Crippen LogP contribution in [0.25, 0.3) is 0 Å². The Bertz CT molecular complexity index is 297. The first-order valence-corrected chi connectivity index (χ1v) is 6.12. The van der Waals surface area contributed by atoms with E-state index in [4.69, 9.17) is 4.74 Å². The molecule has 1 saturated heterocycles. The largest absolute Gasteiger partial charge is 0.444 e. The van der Waals surface area contributed by atoms with Gasteiger partial charge in [0.1, 0.15) is 11.6 Å². The Kier molecular flexibility index (Phi) is 4.37. The zero-order valence-electron chi connectivity index (χ0n) is 11.1. The maximum atomic E-state index is 11.8. The van der Waals surface area contributed by atoms with Crippen molar-refractivity contribution < 1.29 is 14.3 Å². The van der Waals surface area contributed by atoms with Crippen LogP contribution < -0.4 is 5.32 Å². The Hall–Kier alpha value is -1.26. The van der Waals surface area contributed by atoms with Gasteiger partial charge in [-0.2, -0.15) is 0 Å². The van der Waals surface area contributed by atoms with Gasteiger partial charge < -0.3 is 10.1 Å². The van der Waals surface area contributed by atoms with Crippen LogP contribution in [-0.2, 0) is 9.53 Å². The van der Waals surface area contributed by atoms with Gasteiger partial charge in [-0.05, 0) is 33.6 Å². The second-order valence-corrected chi connectivity index (χ2v) is 5.27. The van der Waals surface area contributed by atoms with Crippen LogP contribution >= 0.6 is 0 Å². The van der Waals surface area contributed by atoms with Crippen LogP contribution in [0.4, 0.5) is 4.79 Å². The molecule has 2 amide bonds. The normalized spacial score (nSPS) is 19.5. The minimum atomic E-state index is -0.517. The minimum Gasteiger partial charge on any atom is -0.444 e. The third kappa shape index (κ3) is 3.91. The summed E-state index contributed by atoms with van der Waals surface area (Å²) in [5.74, 6) is -0.0797. The van der Waals surface area contributed by atoms with E-state index < -0.39 is 11.7 Å². The van der Waals surface area contributed by atoms with Crippen molar-refractivity contribution in [3.63, 3.8) is 0 Å². The van der Waals surface area contributed by atoms with Crippen molar-refractivity contribution in [2.75, 3.05) is 13.1 Å². The average Bonchev–Trinajstić information content (AvgIpc) is 2.09. The van der Waals surface area contributed by atoms with E-state index in [9.17, 15) is 9.59 Å². The number of likely N-dealkylation sites (tertiary alicyclic amines) is 1. The maximum absolute atomic E-state index is 11.8. The Morgan fingerprint density at radius 1 is 1.41 bits per heavy atom. The molecule has 0 aliphatic carbocycles. The molecule has 0 aromatic rings. The van der Waals surface area contributed by atoms with Crippen molar-refractivity contribution in [2.45, 2.75) is 52.2 Å². The summed E-state index contributed by atoms with van der Waals surface area (Å²) in [5.41, 5.74) is -0.517. The molecule has 1 aliphatic heterocycles. The van der Waals surface area contributed by atoms with Gasteiger partial charge in [0.2, 0.25) is 5.91 Å². The topological polar surface area (TPSA) is 58.6 Å². The number of ether oxygens (including phenoxy) is 1. The molecule has 1 heterocycles. The van der Waals surface area contributed by atoms with Crippen LogP contribution in [0.2, 0.25) is 0 Å². The molecule has 98 valence electrons. The van der Waals surface area contributed by atoms with E-state index in [-0.39, 0.29) is 11.9 Å². The smallest absolute Gasteiger partial charge is 0.410 e. The Balaban J connectivity index is 2.45. The second-order valence-electron chi connectivity index (χ2n) is 5.27. The third-order valence-electron chi connectivity index (χ3n) is 2.50. The molecule has 5 nitrogen and oxygen atoms in total. The van der Waals surface area contributed by atoms with Gasteiger partial charge >= 0.3 is 6.09 Å². The predicted octanol–water partition coefficient (Wildman–Crippen LogP) is 1.52. The summed E-state index contributed by atoms with van der Waals surface area (Å²) in [5, 5.41) is 2.79. The quantitative estimate of drug-likeness (QED) is 0.816. The Labute approximate surface area is 102 Å². The van der Waals surface area contributed by atoms with Gasteiger partial charge in [-0.1, -0.05) is 6.92 Å². The highest BCUT2D eigenvalue weighted by molar-refractivity contribution is 5.87. The molecule has 0 spiro atoms. The second kappa shape index (κ2) is 5.38. The highest BCUT2D eigenvalue weighted by Gasteiger charge is 2.39. The van der Waals surface area contributed by atoms with E-state index >= 15 is 0 Å². The monoisotopic (exact) mass is 242 g/mol. The third-order valence-corrected chi connectivity index (χ3v) is 2.50. The van der Waals surface area contributed by atoms with Gasteiger partial charge in [-0.3, -0.25) is 9.69 Å². The molecule has 17 heavy (non-hydrogen) atoms. The lowest BCUT2D eigenvalue weighted by Gasteiger charge is -2.40. The molecule has 0 aromatic heterocycles. The zero-order chi connectivity index (χ0) is 13.1. The SMILES string of the molecule is CCCNC(=O)C1CCN1C(=O)OC(C)(C)C. The lowest BCUT2D eigenvalue weighted by Crippen LogP contribution is -2.59. The number of carbonyl (C=O) groups is 2. The summed E-state index contributed by atoms with van der Waals surface area (Å²) in [4.78, 5) is 24.9. The fourth-order valence-electron chi connectivity index (χ4n) is 1.57. The average molecular weight is 242 g/mol. The molecule has 0 bridgehead atoms. The standard InChI is InChI=1S/C12H22N2O3/c1-5-7-13-10(15)9-6-8-14(9)11(16)17-12(2,3)4/h9H,5-8H2,1-4H3,(H,13,15). The molecule has 5 heteroatoms. The summed E-state index contributed by atoms with van der Waals surface area (Å²) >= 11 is 0. The Morgan fingerprint density at radius 3 is 2.47 bits per heavy atom. The highest BCUT2D eigenvalue weighted by Crippen LogP contribution is 2.21. The van der Waals surface area contributed by atoms with Gasteiger partial charge in [-0.15, -0.1) is 0 Å². The number of hydrogen-bond acceptors (Lipinski definition) is 3. The highest BCUT2D eigenvalue weighted by atomic mass is 16.6. The number of carbonyl (C=O) groups excluding carboxylic acids is 2. The lowest BCUT2D eigenvalue weighted by molar-refractivity contribution is -0.130. The van der Waals surface area contributed by atoms with Gasteiger partial charge in [0.25, 0.3) is 0 Å². The van der Waals surface area contributed by atoms with Crippen molar-refractivity contribution >= 4 is 12.0 Å². The minimum absolute atomic E-state index is 0.0797. The molecule has 1 N–H and O–H groups in total. The van der Waals surface area contributed by atoms with Crippen molar-refractivity contribution in [1.82, 2.24) is 10.2 Å². The molecule has 0 saturated carbocycles. The van der Waals surface area contributed by atoms with Crippen LogP contribution in [0, 0.1) is 0 Å². The maximum Gasteiger partial charge on any atom is 0.410 e. The molecule has 1 aliphatic rings. The van der Waals surface area contributed by atoms with E-state index in [1.54, 1.807) is 0 Å². The molecule has 1 atom stereocenters. The van der Waals surface area contributed by atoms with E-state index in [1.807, 2.05) is 27.7 Å². The molecule has 0 radical (unpaired) electrons. The fourth-order valence-corrected chi connectivity index (χ4v) is 1.57. The number of amides is 2. The first-order chi connectivity index (χ1) is 7.85. The van der Waals surface area contributed by atoms with Crippen LogP contribution in [-0.4, -0.2) is 41.6 Å². The van der Waals surface area contributed by atoms with Gasteiger partial charge in [0, 0.05) is 13.1 Å². The zero-order valence-corrected chi connectivity index (χ0v) is 11.1. The fraction of sp³-hybridized carbons (Fsp3) is 0.833. The molecular weight excluding hydrogens is 220 g/mol. The van der Waals surface area contributed by atoms with Crippen LogP contribution in [0.1, 0.15) is 40.5 Å². The first kappa shape index (κ1) is 13.8. The number of nitrogens with zero attached hydrogens (tertiary/aromatic N) is 1. The van der Waals surface area contributed by atoms with Crippen LogP contribution in [0.15, 0.2) is 0 Å². The summed E-state index contributed by atoms with van der Waals surface area (Å²) in [7, 11) is 0. The van der Waals surface area contributed by atoms with Gasteiger partial charge in [0.15, 0.2) is 0 Å².